The van der Waals surface area contributed by atoms with Gasteiger partial charge in [-0.3, -0.25) is 9.69 Å². The third kappa shape index (κ3) is 5.08. The van der Waals surface area contributed by atoms with Gasteiger partial charge in [0, 0.05) is 32.1 Å². The molecule has 1 aliphatic rings. The fourth-order valence-corrected chi connectivity index (χ4v) is 3.88. The zero-order chi connectivity index (χ0) is 18.4. The Morgan fingerprint density at radius 1 is 1.35 bits per heavy atom. The van der Waals surface area contributed by atoms with Crippen LogP contribution < -0.4 is 0 Å². The standard InChI is InChI=1S/C19H26N4O2S/c1-3-17-20-21-19(25-17)26-14-18(24)23-11-7-10-16(13-23)22(2)12-15-8-5-4-6-9-15/h4-6,8-9,16H,3,7,10-14H2,1-2H3. The molecular formula is C19H26N4O2S. The van der Waals surface area contributed by atoms with Crippen LogP contribution in [0, 0.1) is 0 Å². The molecule has 0 spiro atoms. The zero-order valence-electron chi connectivity index (χ0n) is 15.4. The van der Waals surface area contributed by atoms with Crippen molar-refractivity contribution in [1.29, 1.82) is 0 Å². The van der Waals surface area contributed by atoms with E-state index in [9.17, 15) is 4.79 Å². The average molecular weight is 375 g/mol. The van der Waals surface area contributed by atoms with Gasteiger partial charge in [0.25, 0.3) is 5.22 Å². The molecule has 2 heterocycles. The minimum absolute atomic E-state index is 0.143. The van der Waals surface area contributed by atoms with Crippen LogP contribution in [0.15, 0.2) is 40.0 Å². The van der Waals surface area contributed by atoms with E-state index >= 15 is 0 Å². The summed E-state index contributed by atoms with van der Waals surface area (Å²) in [7, 11) is 2.14. The number of rotatable bonds is 7. The summed E-state index contributed by atoms with van der Waals surface area (Å²) in [5.74, 6) is 1.10. The summed E-state index contributed by atoms with van der Waals surface area (Å²) >= 11 is 1.33. The molecule has 0 radical (unpaired) electrons. The fourth-order valence-electron chi connectivity index (χ4n) is 3.20. The quantitative estimate of drug-likeness (QED) is 0.695. The first-order chi connectivity index (χ1) is 12.7. The molecule has 0 saturated carbocycles. The van der Waals surface area contributed by atoms with E-state index in [1.54, 1.807) is 0 Å². The number of carbonyl (C=O) groups excluding carboxylic acids is 1. The Morgan fingerprint density at radius 2 is 2.15 bits per heavy atom. The Hall–Kier alpha value is -1.86. The van der Waals surface area contributed by atoms with E-state index in [0.29, 0.717) is 29.3 Å². The SMILES string of the molecule is CCc1nnc(SCC(=O)N2CCCC(N(C)Cc3ccccc3)C2)o1. The van der Waals surface area contributed by atoms with Crippen LogP contribution >= 0.6 is 11.8 Å². The van der Waals surface area contributed by atoms with E-state index in [1.807, 2.05) is 17.9 Å². The number of thioether (sulfide) groups is 1. The van der Waals surface area contributed by atoms with Crippen LogP contribution in [0.1, 0.15) is 31.2 Å². The van der Waals surface area contributed by atoms with Crippen molar-refractivity contribution >= 4 is 17.7 Å². The van der Waals surface area contributed by atoms with Crippen molar-refractivity contribution in [2.45, 2.75) is 44.0 Å². The number of nitrogens with zero attached hydrogens (tertiary/aromatic N) is 4. The van der Waals surface area contributed by atoms with E-state index in [4.69, 9.17) is 4.42 Å². The molecule has 6 nitrogen and oxygen atoms in total. The Balaban J connectivity index is 1.49. The van der Waals surface area contributed by atoms with Gasteiger partial charge in [0.1, 0.15) is 0 Å². The molecule has 2 aromatic rings. The molecule has 1 atom stereocenters. The van der Waals surface area contributed by atoms with Crippen molar-refractivity contribution in [3.63, 3.8) is 0 Å². The Kier molecular flexibility index (Phi) is 6.68. The average Bonchev–Trinajstić information content (AvgIpc) is 3.15. The third-order valence-electron chi connectivity index (χ3n) is 4.72. The molecule has 1 unspecified atom stereocenters. The van der Waals surface area contributed by atoms with Crippen molar-refractivity contribution < 1.29 is 9.21 Å². The van der Waals surface area contributed by atoms with Crippen molar-refractivity contribution in [1.82, 2.24) is 20.0 Å². The van der Waals surface area contributed by atoms with Crippen LogP contribution in [0.2, 0.25) is 0 Å². The highest BCUT2D eigenvalue weighted by Crippen LogP contribution is 2.20. The summed E-state index contributed by atoms with van der Waals surface area (Å²) in [6.45, 7) is 4.49. The highest BCUT2D eigenvalue weighted by atomic mass is 32.2. The summed E-state index contributed by atoms with van der Waals surface area (Å²) in [5.41, 5.74) is 1.30. The van der Waals surface area contributed by atoms with Crippen LogP contribution in [0.3, 0.4) is 0 Å². The van der Waals surface area contributed by atoms with Gasteiger partial charge in [-0.1, -0.05) is 49.0 Å². The van der Waals surface area contributed by atoms with Crippen LogP contribution in [0.25, 0.3) is 0 Å². The molecule has 0 bridgehead atoms. The van der Waals surface area contributed by atoms with Crippen molar-refractivity contribution in [3.8, 4) is 0 Å². The van der Waals surface area contributed by atoms with E-state index in [1.165, 1.54) is 17.3 Å². The highest BCUT2D eigenvalue weighted by Gasteiger charge is 2.26. The summed E-state index contributed by atoms with van der Waals surface area (Å²) in [6.07, 6.45) is 2.88. The van der Waals surface area contributed by atoms with Crippen LogP contribution in [0.4, 0.5) is 0 Å². The van der Waals surface area contributed by atoms with Crippen LogP contribution in [-0.4, -0.2) is 57.8 Å². The third-order valence-corrected chi connectivity index (χ3v) is 5.52. The normalized spacial score (nSPS) is 17.7. The first kappa shape index (κ1) is 18.9. The van der Waals surface area contributed by atoms with E-state index < -0.39 is 0 Å². The van der Waals surface area contributed by atoms with Gasteiger partial charge in [-0.2, -0.15) is 0 Å². The Bertz CT molecular complexity index is 707. The minimum Gasteiger partial charge on any atom is -0.416 e. The monoisotopic (exact) mass is 374 g/mol. The van der Waals surface area contributed by atoms with Gasteiger partial charge in [0.15, 0.2) is 0 Å². The molecular weight excluding hydrogens is 348 g/mol. The Morgan fingerprint density at radius 3 is 2.88 bits per heavy atom. The predicted molar refractivity (Wildman–Crippen MR) is 102 cm³/mol. The molecule has 1 aromatic heterocycles. The first-order valence-electron chi connectivity index (χ1n) is 9.13. The minimum atomic E-state index is 0.143. The second-order valence-electron chi connectivity index (χ2n) is 6.64. The van der Waals surface area contributed by atoms with Crippen molar-refractivity contribution in [2.75, 3.05) is 25.9 Å². The van der Waals surface area contributed by atoms with Gasteiger partial charge in [0.05, 0.1) is 5.75 Å². The Labute approximate surface area is 159 Å². The summed E-state index contributed by atoms with van der Waals surface area (Å²) in [6, 6.07) is 10.9. The van der Waals surface area contributed by atoms with Gasteiger partial charge >= 0.3 is 0 Å². The number of carbonyl (C=O) groups is 1. The number of aromatic nitrogens is 2. The zero-order valence-corrected chi connectivity index (χ0v) is 16.2. The first-order valence-corrected chi connectivity index (χ1v) is 10.1. The number of aryl methyl sites for hydroxylation is 1. The topological polar surface area (TPSA) is 62.5 Å². The van der Waals surface area contributed by atoms with Gasteiger partial charge in [0.2, 0.25) is 11.8 Å². The number of hydrogen-bond acceptors (Lipinski definition) is 6. The molecule has 3 rings (SSSR count). The second-order valence-corrected chi connectivity index (χ2v) is 7.57. The van der Waals surface area contributed by atoms with E-state index in [-0.39, 0.29) is 5.91 Å². The van der Waals surface area contributed by atoms with Gasteiger partial charge in [-0.15, -0.1) is 10.2 Å². The molecule has 1 amide bonds. The summed E-state index contributed by atoms with van der Waals surface area (Å²) in [4.78, 5) is 16.9. The second kappa shape index (κ2) is 9.19. The number of benzene rings is 1. The lowest BCUT2D eigenvalue weighted by Gasteiger charge is -2.37. The van der Waals surface area contributed by atoms with Gasteiger partial charge < -0.3 is 9.32 Å². The van der Waals surface area contributed by atoms with E-state index in [2.05, 4.69) is 46.4 Å². The number of likely N-dealkylation sites (tertiary alicyclic amines) is 1. The van der Waals surface area contributed by atoms with E-state index in [0.717, 1.165) is 32.5 Å². The molecule has 7 heteroatoms. The maximum absolute atomic E-state index is 12.6. The summed E-state index contributed by atoms with van der Waals surface area (Å²) in [5, 5.41) is 8.37. The predicted octanol–water partition coefficient (Wildman–Crippen LogP) is 2.85. The lowest BCUT2D eigenvalue weighted by Crippen LogP contribution is -2.48. The number of hydrogen-bond donors (Lipinski definition) is 0. The molecule has 0 aliphatic carbocycles. The molecule has 140 valence electrons. The maximum atomic E-state index is 12.6. The molecule has 1 saturated heterocycles. The van der Waals surface area contributed by atoms with Crippen molar-refractivity contribution in [3.05, 3.63) is 41.8 Å². The number of amides is 1. The van der Waals surface area contributed by atoms with Crippen LogP contribution in [0.5, 0.6) is 0 Å². The maximum Gasteiger partial charge on any atom is 0.277 e. The van der Waals surface area contributed by atoms with Gasteiger partial charge in [-0.25, -0.2) is 0 Å². The van der Waals surface area contributed by atoms with Crippen molar-refractivity contribution in [2.24, 2.45) is 0 Å². The summed E-state index contributed by atoms with van der Waals surface area (Å²) < 4.78 is 5.46. The number of likely N-dealkylation sites (N-methyl/N-ethyl adjacent to an activating group) is 1. The number of piperidine rings is 1. The molecule has 26 heavy (non-hydrogen) atoms. The lowest BCUT2D eigenvalue weighted by atomic mass is 10.0. The largest absolute Gasteiger partial charge is 0.416 e. The fraction of sp³-hybridized carbons (Fsp3) is 0.526. The van der Waals surface area contributed by atoms with Crippen LogP contribution in [-0.2, 0) is 17.8 Å². The molecule has 0 N–H and O–H groups in total. The molecule has 1 fully saturated rings. The molecule has 1 aromatic carbocycles. The smallest absolute Gasteiger partial charge is 0.277 e. The lowest BCUT2D eigenvalue weighted by molar-refractivity contribution is -0.130. The van der Waals surface area contributed by atoms with Gasteiger partial charge in [-0.05, 0) is 25.5 Å². The molecule has 1 aliphatic heterocycles. The highest BCUT2D eigenvalue weighted by molar-refractivity contribution is 7.99.